The summed E-state index contributed by atoms with van der Waals surface area (Å²) in [5.74, 6) is 2.42. The predicted octanol–water partition coefficient (Wildman–Crippen LogP) is 9.97. The van der Waals surface area contributed by atoms with Gasteiger partial charge in [-0.3, -0.25) is 0 Å². The van der Waals surface area contributed by atoms with Gasteiger partial charge in [0.1, 0.15) is 11.5 Å². The second kappa shape index (κ2) is 10.8. The fourth-order valence-electron chi connectivity index (χ4n) is 6.45. The summed E-state index contributed by atoms with van der Waals surface area (Å²) < 4.78 is 6.50. The van der Waals surface area contributed by atoms with Crippen LogP contribution in [0, 0.1) is 0 Å². The number of aromatic nitrogens is 2. The molecule has 1 aliphatic rings. The molecule has 8 rings (SSSR count). The summed E-state index contributed by atoms with van der Waals surface area (Å²) in [5.41, 5.74) is 8.77. The molecule has 7 aromatic rings. The van der Waals surface area contributed by atoms with Gasteiger partial charge in [-0.15, -0.1) is 0 Å². The third kappa shape index (κ3) is 4.29. The van der Waals surface area contributed by atoms with Gasteiger partial charge in [0.25, 0.3) is 0 Å². The molecule has 1 aliphatic heterocycles. The minimum Gasteiger partial charge on any atom is -0.457 e. The fourth-order valence-corrected chi connectivity index (χ4v) is 6.45. The Labute approximate surface area is 257 Å². The van der Waals surface area contributed by atoms with Gasteiger partial charge in [-0.2, -0.15) is 0 Å². The maximum absolute atomic E-state index is 6.50. The van der Waals surface area contributed by atoms with Crippen molar-refractivity contribution in [2.75, 3.05) is 0 Å². The summed E-state index contributed by atoms with van der Waals surface area (Å²) in [6, 6.07) is 58.9. The molecule has 1 aromatic heterocycles. The zero-order valence-corrected chi connectivity index (χ0v) is 24.0. The Hall–Kier alpha value is -5.80. The fraction of sp³-hybridized carbons (Fsp3) is 0.0244. The normalized spacial score (nSPS) is 12.9. The van der Waals surface area contributed by atoms with E-state index in [-0.39, 0.29) is 0 Å². The Morgan fingerprint density at radius 2 is 0.864 bits per heavy atom. The second-order valence-electron chi connectivity index (χ2n) is 11.0. The molecule has 3 nitrogen and oxygen atoms in total. The molecule has 0 unspecified atom stereocenters. The van der Waals surface area contributed by atoms with Crippen LogP contribution in [0.15, 0.2) is 170 Å². The number of hydrogen-bond donors (Lipinski definition) is 0. The van der Waals surface area contributed by atoms with Crippen molar-refractivity contribution < 1.29 is 4.74 Å². The SMILES string of the molecule is c1ccc(-c2cc(-c3cccc(C4(c5ccccc5)c5ccccc5Oc5ccccc54)c3)nc(-c3ccccc3)n2)cc1. The highest BCUT2D eigenvalue weighted by Gasteiger charge is 2.45. The minimum atomic E-state index is -0.597. The number of nitrogens with zero attached hydrogens (tertiary/aromatic N) is 2. The molecule has 0 fully saturated rings. The highest BCUT2D eigenvalue weighted by molar-refractivity contribution is 5.75. The van der Waals surface area contributed by atoms with E-state index in [1.54, 1.807) is 0 Å². The van der Waals surface area contributed by atoms with Crippen LogP contribution in [-0.2, 0) is 5.41 Å². The van der Waals surface area contributed by atoms with E-state index in [1.807, 2.05) is 48.5 Å². The summed E-state index contributed by atoms with van der Waals surface area (Å²) in [5, 5.41) is 0. The number of rotatable bonds is 5. The van der Waals surface area contributed by atoms with E-state index in [0.29, 0.717) is 5.82 Å². The number of ether oxygens (including phenoxy) is 1. The summed E-state index contributed by atoms with van der Waals surface area (Å²) in [6.45, 7) is 0. The van der Waals surface area contributed by atoms with Gasteiger partial charge in [0.15, 0.2) is 5.82 Å². The maximum atomic E-state index is 6.50. The van der Waals surface area contributed by atoms with E-state index in [1.165, 1.54) is 5.56 Å². The van der Waals surface area contributed by atoms with E-state index in [2.05, 4.69) is 121 Å². The predicted molar refractivity (Wildman–Crippen MR) is 177 cm³/mol. The molecule has 0 spiro atoms. The third-order valence-corrected chi connectivity index (χ3v) is 8.43. The molecule has 6 aromatic carbocycles. The molecule has 44 heavy (non-hydrogen) atoms. The largest absolute Gasteiger partial charge is 0.457 e. The number of para-hydroxylation sites is 2. The van der Waals surface area contributed by atoms with Crippen molar-refractivity contribution in [1.82, 2.24) is 9.97 Å². The molecule has 0 amide bonds. The first kappa shape index (κ1) is 25.9. The maximum Gasteiger partial charge on any atom is 0.160 e. The lowest BCUT2D eigenvalue weighted by Crippen LogP contribution is -2.34. The first-order valence-corrected chi connectivity index (χ1v) is 14.8. The Morgan fingerprint density at radius 1 is 0.386 bits per heavy atom. The van der Waals surface area contributed by atoms with Crippen LogP contribution < -0.4 is 4.74 Å². The zero-order chi connectivity index (χ0) is 29.3. The van der Waals surface area contributed by atoms with Crippen LogP contribution in [0.1, 0.15) is 22.3 Å². The number of hydrogen-bond acceptors (Lipinski definition) is 3. The first-order chi connectivity index (χ1) is 21.8. The van der Waals surface area contributed by atoms with Crippen LogP contribution in [-0.4, -0.2) is 9.97 Å². The van der Waals surface area contributed by atoms with Crippen molar-refractivity contribution in [3.05, 3.63) is 192 Å². The lowest BCUT2D eigenvalue weighted by Gasteiger charge is -2.41. The molecule has 0 atom stereocenters. The molecule has 0 saturated heterocycles. The van der Waals surface area contributed by atoms with Gasteiger partial charge in [-0.25, -0.2) is 9.97 Å². The van der Waals surface area contributed by atoms with Crippen molar-refractivity contribution >= 4 is 0 Å². The Balaban J connectivity index is 1.39. The van der Waals surface area contributed by atoms with Crippen molar-refractivity contribution in [3.63, 3.8) is 0 Å². The van der Waals surface area contributed by atoms with Gasteiger partial charge in [0.05, 0.1) is 16.8 Å². The lowest BCUT2D eigenvalue weighted by molar-refractivity contribution is 0.434. The standard InChI is InChI=1S/C41H28N2O/c1-4-15-29(16-5-1)36-28-37(43-40(42-36)30-17-6-2-7-18-30)31-19-14-22-33(27-31)41(32-20-8-3-9-21-32)34-23-10-12-25-38(34)44-39-26-13-11-24-35(39)41/h1-28H. The van der Waals surface area contributed by atoms with Crippen molar-refractivity contribution in [2.45, 2.75) is 5.41 Å². The van der Waals surface area contributed by atoms with Gasteiger partial charge >= 0.3 is 0 Å². The molecule has 0 bridgehead atoms. The lowest BCUT2D eigenvalue weighted by atomic mass is 9.63. The van der Waals surface area contributed by atoms with E-state index in [4.69, 9.17) is 14.7 Å². The zero-order valence-electron chi connectivity index (χ0n) is 24.0. The van der Waals surface area contributed by atoms with Gasteiger partial charge in [-0.1, -0.05) is 146 Å². The summed E-state index contributed by atoms with van der Waals surface area (Å²) in [6.07, 6.45) is 0. The number of benzene rings is 6. The molecule has 0 saturated carbocycles. The average Bonchev–Trinajstić information content (AvgIpc) is 3.11. The molecule has 3 heteroatoms. The van der Waals surface area contributed by atoms with Gasteiger partial charge in [-0.05, 0) is 35.4 Å². The highest BCUT2D eigenvalue weighted by Crippen LogP contribution is 2.55. The van der Waals surface area contributed by atoms with Crippen LogP contribution in [0.2, 0.25) is 0 Å². The van der Waals surface area contributed by atoms with Crippen molar-refractivity contribution in [3.8, 4) is 45.4 Å². The van der Waals surface area contributed by atoms with Crippen LogP contribution >= 0.6 is 0 Å². The smallest absolute Gasteiger partial charge is 0.160 e. The monoisotopic (exact) mass is 564 g/mol. The van der Waals surface area contributed by atoms with Crippen LogP contribution in [0.4, 0.5) is 0 Å². The van der Waals surface area contributed by atoms with E-state index >= 15 is 0 Å². The highest BCUT2D eigenvalue weighted by atomic mass is 16.5. The van der Waals surface area contributed by atoms with Crippen LogP contribution in [0.3, 0.4) is 0 Å². The first-order valence-electron chi connectivity index (χ1n) is 14.8. The average molecular weight is 565 g/mol. The second-order valence-corrected chi connectivity index (χ2v) is 11.0. The van der Waals surface area contributed by atoms with Crippen LogP contribution in [0.5, 0.6) is 11.5 Å². The Kier molecular flexibility index (Phi) is 6.35. The Bertz CT molecular complexity index is 1990. The topological polar surface area (TPSA) is 35.0 Å². The van der Waals surface area contributed by atoms with Crippen molar-refractivity contribution in [2.24, 2.45) is 0 Å². The molecule has 208 valence electrons. The Morgan fingerprint density at radius 3 is 1.50 bits per heavy atom. The van der Waals surface area contributed by atoms with Gasteiger partial charge in [0.2, 0.25) is 0 Å². The molecular weight excluding hydrogens is 536 g/mol. The minimum absolute atomic E-state index is 0.597. The third-order valence-electron chi connectivity index (χ3n) is 8.43. The molecule has 0 N–H and O–H groups in total. The van der Waals surface area contributed by atoms with E-state index < -0.39 is 5.41 Å². The number of fused-ring (bicyclic) bond motifs is 2. The van der Waals surface area contributed by atoms with Crippen molar-refractivity contribution in [1.29, 1.82) is 0 Å². The summed E-state index contributed by atoms with van der Waals surface area (Å²) >= 11 is 0. The molecular formula is C41H28N2O. The molecule has 2 heterocycles. The summed E-state index contributed by atoms with van der Waals surface area (Å²) in [7, 11) is 0. The molecule has 0 radical (unpaired) electrons. The van der Waals surface area contributed by atoms with Gasteiger partial charge < -0.3 is 4.74 Å². The summed E-state index contributed by atoms with van der Waals surface area (Å²) in [4.78, 5) is 10.1. The van der Waals surface area contributed by atoms with Crippen LogP contribution in [0.25, 0.3) is 33.9 Å². The quantitative estimate of drug-likeness (QED) is 0.209. The van der Waals surface area contributed by atoms with E-state index in [0.717, 1.165) is 56.3 Å². The molecule has 0 aliphatic carbocycles. The van der Waals surface area contributed by atoms with Gasteiger partial charge in [0, 0.05) is 27.8 Å². The van der Waals surface area contributed by atoms with E-state index in [9.17, 15) is 0 Å².